The molecule has 1 nitrogen and oxygen atoms in total. The summed E-state index contributed by atoms with van der Waals surface area (Å²) < 4.78 is 0. The van der Waals surface area contributed by atoms with Crippen LogP contribution in [0.3, 0.4) is 0 Å². The Morgan fingerprint density at radius 3 is 2.33 bits per heavy atom. The summed E-state index contributed by atoms with van der Waals surface area (Å²) in [4.78, 5) is 0. The molecule has 0 aromatic rings. The zero-order valence-electron chi connectivity index (χ0n) is 11.0. The van der Waals surface area contributed by atoms with Crippen LogP contribution in [0.5, 0.6) is 0 Å². The van der Waals surface area contributed by atoms with Gasteiger partial charge in [-0.05, 0) is 36.1 Å². The van der Waals surface area contributed by atoms with Crippen LogP contribution in [0.4, 0.5) is 0 Å². The van der Waals surface area contributed by atoms with E-state index in [1.807, 2.05) is 0 Å². The monoisotopic (exact) mass is 207 g/mol. The highest BCUT2D eigenvalue weighted by Crippen LogP contribution is 2.59. The molecule has 0 amide bonds. The summed E-state index contributed by atoms with van der Waals surface area (Å²) in [5.41, 5.74) is 0.572. The maximum Gasteiger partial charge on any atom is 0.0674 e. The maximum absolute atomic E-state index is 5.83. The Morgan fingerprint density at radius 2 is 2.00 bits per heavy atom. The zero-order chi connectivity index (χ0) is 11.6. The lowest BCUT2D eigenvalue weighted by Gasteiger charge is -2.33. The number of hydrogen-bond donors (Lipinski definition) is 1. The van der Waals surface area contributed by atoms with Gasteiger partial charge in [-0.25, -0.2) is 0 Å². The fourth-order valence-electron chi connectivity index (χ4n) is 2.93. The summed E-state index contributed by atoms with van der Waals surface area (Å²) in [6, 6.07) is 0.481. The fourth-order valence-corrected chi connectivity index (χ4v) is 2.93. The van der Waals surface area contributed by atoms with E-state index in [9.17, 15) is 0 Å². The van der Waals surface area contributed by atoms with Crippen molar-refractivity contribution in [1.82, 2.24) is 5.32 Å². The van der Waals surface area contributed by atoms with Gasteiger partial charge in [0.25, 0.3) is 0 Å². The van der Waals surface area contributed by atoms with Gasteiger partial charge >= 0.3 is 0 Å². The molecule has 0 aromatic carbocycles. The summed E-state index contributed by atoms with van der Waals surface area (Å²) in [6.07, 6.45) is 2.14. The first kappa shape index (κ1) is 13.1. The first-order valence-electron chi connectivity index (χ1n) is 6.40. The quantitative estimate of drug-likeness (QED) is 0.660. The maximum atomic E-state index is 5.83. The van der Waals surface area contributed by atoms with E-state index in [0.717, 1.165) is 24.7 Å². The van der Waals surface area contributed by atoms with Crippen molar-refractivity contribution in [1.29, 1.82) is 0 Å². The molecule has 0 heterocycles. The Hall–Kier alpha value is 0.0249. The van der Waals surface area contributed by atoms with Gasteiger partial charge in [-0.1, -0.05) is 40.9 Å². The largest absolute Gasteiger partial charge is 0.315 e. The molecule has 1 rings (SSSR count). The third kappa shape index (κ3) is 2.58. The Morgan fingerprint density at radius 1 is 1.47 bits per heavy atom. The lowest BCUT2D eigenvalue weighted by molar-refractivity contribution is 0.203. The van der Waals surface area contributed by atoms with Crippen LogP contribution in [0.1, 0.15) is 41.0 Å². The van der Waals surface area contributed by atoms with E-state index in [1.54, 1.807) is 0 Å². The van der Waals surface area contributed by atoms with Gasteiger partial charge in [0.1, 0.15) is 0 Å². The van der Waals surface area contributed by atoms with Crippen molar-refractivity contribution in [3.63, 3.8) is 0 Å². The van der Waals surface area contributed by atoms with E-state index in [0.29, 0.717) is 17.4 Å². The van der Waals surface area contributed by atoms with Gasteiger partial charge in [0.05, 0.1) is 7.85 Å². The minimum absolute atomic E-state index is 0.481. The SMILES string of the molecule is [B]CC(NCC)C(C)C(C)C1(C)C[C@@H]1C. The van der Waals surface area contributed by atoms with Crippen LogP contribution in [0, 0.1) is 23.2 Å². The molecule has 5 atom stereocenters. The Balaban J connectivity index is 2.54. The molecule has 15 heavy (non-hydrogen) atoms. The van der Waals surface area contributed by atoms with Crippen molar-refractivity contribution >= 4 is 7.85 Å². The highest BCUT2D eigenvalue weighted by molar-refractivity contribution is 6.08. The second-order valence-corrected chi connectivity index (χ2v) is 5.66. The highest BCUT2D eigenvalue weighted by Gasteiger charge is 2.52. The topological polar surface area (TPSA) is 12.0 Å². The summed E-state index contributed by atoms with van der Waals surface area (Å²) in [5, 5.41) is 3.50. The van der Waals surface area contributed by atoms with Crippen molar-refractivity contribution in [3.8, 4) is 0 Å². The van der Waals surface area contributed by atoms with Crippen molar-refractivity contribution in [2.75, 3.05) is 6.54 Å². The molecule has 2 radical (unpaired) electrons. The average molecular weight is 207 g/mol. The van der Waals surface area contributed by atoms with Crippen LogP contribution in [-0.2, 0) is 0 Å². The molecule has 1 aliphatic carbocycles. The van der Waals surface area contributed by atoms with E-state index in [4.69, 9.17) is 7.85 Å². The first-order chi connectivity index (χ1) is 6.97. The standard InChI is InChI=1S/C13H26BN/c1-6-15-12(8-14)10(3)11(4)13(5)7-9(13)2/h9-12,15H,6-8H2,1-5H3/t9-,10?,11?,12?,13?/m0/s1. The minimum atomic E-state index is 0.481. The second-order valence-electron chi connectivity index (χ2n) is 5.66. The second kappa shape index (κ2) is 4.90. The molecular formula is C13H26BN. The number of rotatable bonds is 6. The minimum Gasteiger partial charge on any atom is -0.315 e. The van der Waals surface area contributed by atoms with Gasteiger partial charge in [0, 0.05) is 6.04 Å². The highest BCUT2D eigenvalue weighted by atomic mass is 14.9. The molecule has 86 valence electrons. The predicted octanol–water partition coefficient (Wildman–Crippen LogP) is 2.87. The van der Waals surface area contributed by atoms with Gasteiger partial charge in [-0.15, -0.1) is 0 Å². The molecule has 0 aromatic heterocycles. The summed E-state index contributed by atoms with van der Waals surface area (Å²) >= 11 is 0. The van der Waals surface area contributed by atoms with Gasteiger partial charge in [0.15, 0.2) is 0 Å². The number of nitrogens with one attached hydrogen (secondary N) is 1. The van der Waals surface area contributed by atoms with Crippen molar-refractivity contribution in [2.45, 2.75) is 53.4 Å². The van der Waals surface area contributed by atoms with Crippen molar-refractivity contribution in [2.24, 2.45) is 23.2 Å². The van der Waals surface area contributed by atoms with E-state index in [2.05, 4.69) is 39.9 Å². The zero-order valence-corrected chi connectivity index (χ0v) is 11.0. The third-order valence-electron chi connectivity index (χ3n) is 4.90. The molecule has 1 saturated carbocycles. The van der Waals surface area contributed by atoms with Crippen LogP contribution in [0.25, 0.3) is 0 Å². The average Bonchev–Trinajstić information content (AvgIpc) is 2.82. The third-order valence-corrected chi connectivity index (χ3v) is 4.90. The lowest BCUT2D eigenvalue weighted by atomic mass is 9.74. The van der Waals surface area contributed by atoms with Gasteiger partial charge in [-0.2, -0.15) is 0 Å². The molecule has 1 N–H and O–H groups in total. The molecular weight excluding hydrogens is 181 g/mol. The summed E-state index contributed by atoms with van der Waals surface area (Å²) in [5.74, 6) is 2.33. The number of hydrogen-bond acceptors (Lipinski definition) is 1. The van der Waals surface area contributed by atoms with Crippen LogP contribution in [-0.4, -0.2) is 20.4 Å². The molecule has 4 unspecified atom stereocenters. The molecule has 1 aliphatic rings. The molecule has 2 heteroatoms. The molecule has 0 saturated heterocycles. The van der Waals surface area contributed by atoms with E-state index in [-0.39, 0.29) is 0 Å². The van der Waals surface area contributed by atoms with E-state index < -0.39 is 0 Å². The normalized spacial score (nSPS) is 35.9. The Bertz CT molecular complexity index is 207. The van der Waals surface area contributed by atoms with Crippen LogP contribution >= 0.6 is 0 Å². The lowest BCUT2D eigenvalue weighted by Crippen LogP contribution is -2.39. The Labute approximate surface area is 96.8 Å². The molecule has 0 aliphatic heterocycles. The molecule has 0 spiro atoms. The van der Waals surface area contributed by atoms with Crippen molar-refractivity contribution < 1.29 is 0 Å². The molecule has 0 bridgehead atoms. The van der Waals surface area contributed by atoms with E-state index in [1.165, 1.54) is 6.42 Å². The summed E-state index contributed by atoms with van der Waals surface area (Å²) in [6.45, 7) is 12.7. The Kier molecular flexibility index (Phi) is 4.28. The van der Waals surface area contributed by atoms with Gasteiger partial charge < -0.3 is 5.32 Å². The van der Waals surface area contributed by atoms with Crippen LogP contribution in [0.15, 0.2) is 0 Å². The van der Waals surface area contributed by atoms with E-state index >= 15 is 0 Å². The summed E-state index contributed by atoms with van der Waals surface area (Å²) in [7, 11) is 5.83. The molecule has 1 fully saturated rings. The predicted molar refractivity (Wildman–Crippen MR) is 68.2 cm³/mol. The first-order valence-corrected chi connectivity index (χ1v) is 6.40. The van der Waals surface area contributed by atoms with Crippen LogP contribution in [0.2, 0.25) is 6.32 Å². The van der Waals surface area contributed by atoms with Crippen LogP contribution < -0.4 is 5.32 Å². The smallest absolute Gasteiger partial charge is 0.0674 e. The van der Waals surface area contributed by atoms with Crippen molar-refractivity contribution in [3.05, 3.63) is 0 Å². The fraction of sp³-hybridized carbons (Fsp3) is 1.00. The van der Waals surface area contributed by atoms with Gasteiger partial charge in [0.2, 0.25) is 0 Å². The van der Waals surface area contributed by atoms with Gasteiger partial charge in [-0.3, -0.25) is 0 Å².